The van der Waals surface area contributed by atoms with Crippen molar-refractivity contribution < 1.29 is 8.42 Å². The minimum atomic E-state index is -3.19. The van der Waals surface area contributed by atoms with Gasteiger partial charge >= 0.3 is 0 Å². The molecule has 2 aliphatic rings. The van der Waals surface area contributed by atoms with Crippen LogP contribution in [0.15, 0.2) is 6.07 Å². The van der Waals surface area contributed by atoms with E-state index in [1.807, 2.05) is 10.7 Å². The summed E-state index contributed by atoms with van der Waals surface area (Å²) in [6, 6.07) is 2.43. The van der Waals surface area contributed by atoms with Crippen molar-refractivity contribution in [2.24, 2.45) is 11.7 Å². The third kappa shape index (κ3) is 6.98. The molecule has 0 spiro atoms. The van der Waals surface area contributed by atoms with Gasteiger partial charge in [-0.05, 0) is 44.1 Å². The second-order valence-corrected chi connectivity index (χ2v) is 9.15. The van der Waals surface area contributed by atoms with Crippen LogP contribution < -0.4 is 10.5 Å². The quantitative estimate of drug-likeness (QED) is 0.742. The molecule has 1 fully saturated rings. The van der Waals surface area contributed by atoms with Crippen LogP contribution in [0.3, 0.4) is 0 Å². The molecule has 0 radical (unpaired) electrons. The first-order valence-corrected chi connectivity index (χ1v) is 10.8. The molecule has 1 aromatic heterocycles. The number of aryl methyl sites for hydroxylation is 1. The molecule has 1 saturated carbocycles. The van der Waals surface area contributed by atoms with Gasteiger partial charge in [0.2, 0.25) is 10.0 Å². The van der Waals surface area contributed by atoms with E-state index >= 15 is 0 Å². The number of nitrogens with two attached hydrogens (primary N) is 1. The molecule has 1 aromatic rings. The van der Waals surface area contributed by atoms with Crippen LogP contribution in [0.5, 0.6) is 0 Å². The summed E-state index contributed by atoms with van der Waals surface area (Å²) in [7, 11) is -3.19. The summed E-state index contributed by atoms with van der Waals surface area (Å²) in [6.45, 7) is 4.30. The predicted octanol–water partition coefficient (Wildman–Crippen LogP) is 1.50. The van der Waals surface area contributed by atoms with Crippen molar-refractivity contribution in [1.29, 1.82) is 0 Å². The number of aromatic nitrogens is 2. The zero-order valence-electron chi connectivity index (χ0n) is 15.3. The van der Waals surface area contributed by atoms with E-state index in [4.69, 9.17) is 5.73 Å². The van der Waals surface area contributed by atoms with E-state index in [0.29, 0.717) is 6.04 Å². The van der Waals surface area contributed by atoms with Crippen molar-refractivity contribution in [2.75, 3.05) is 19.3 Å². The van der Waals surface area contributed by atoms with Crippen LogP contribution >= 0.6 is 24.8 Å². The van der Waals surface area contributed by atoms with Crippen molar-refractivity contribution in [3.8, 4) is 0 Å². The second kappa shape index (κ2) is 10.2. The molecule has 0 amide bonds. The molecule has 1 aliphatic carbocycles. The molecule has 3 rings (SSSR count). The van der Waals surface area contributed by atoms with Gasteiger partial charge in [0.1, 0.15) is 0 Å². The molecule has 0 aromatic carbocycles. The van der Waals surface area contributed by atoms with Gasteiger partial charge < -0.3 is 5.73 Å². The van der Waals surface area contributed by atoms with Crippen molar-refractivity contribution in [3.63, 3.8) is 0 Å². The van der Waals surface area contributed by atoms with Crippen LogP contribution in [0.1, 0.15) is 43.5 Å². The topological polar surface area (TPSA) is 93.2 Å². The van der Waals surface area contributed by atoms with Crippen LogP contribution in [-0.4, -0.2) is 48.5 Å². The van der Waals surface area contributed by atoms with Gasteiger partial charge in [0.25, 0.3) is 0 Å². The number of fused-ring (bicyclic) bond motifs is 1. The van der Waals surface area contributed by atoms with Crippen LogP contribution in [0.2, 0.25) is 0 Å². The highest BCUT2D eigenvalue weighted by Gasteiger charge is 2.23. The van der Waals surface area contributed by atoms with E-state index in [2.05, 4.69) is 14.7 Å². The smallest absolute Gasteiger partial charge is 0.209 e. The van der Waals surface area contributed by atoms with E-state index in [-0.39, 0.29) is 31.4 Å². The van der Waals surface area contributed by atoms with Gasteiger partial charge in [0.15, 0.2) is 0 Å². The number of nitrogens with zero attached hydrogens (tertiary/aromatic N) is 3. The van der Waals surface area contributed by atoms with Crippen molar-refractivity contribution >= 4 is 34.8 Å². The van der Waals surface area contributed by atoms with Crippen molar-refractivity contribution in [3.05, 3.63) is 17.5 Å². The molecule has 2 heterocycles. The molecule has 0 saturated heterocycles. The number of rotatable bonds is 5. The Hall–Kier alpha value is -0.380. The summed E-state index contributed by atoms with van der Waals surface area (Å²) in [4.78, 5) is 2.52. The summed E-state index contributed by atoms with van der Waals surface area (Å²) in [6.07, 6.45) is 7.03. The maximum absolute atomic E-state index is 11.2. The fourth-order valence-corrected chi connectivity index (χ4v) is 4.18. The summed E-state index contributed by atoms with van der Waals surface area (Å²) in [5.74, 6) is 0.755. The van der Waals surface area contributed by atoms with Gasteiger partial charge in [-0.2, -0.15) is 5.10 Å². The van der Waals surface area contributed by atoms with Gasteiger partial charge in [-0.25, -0.2) is 13.1 Å². The Morgan fingerprint density at radius 1 is 1.23 bits per heavy atom. The molecule has 3 N–H and O–H groups in total. The Kier molecular flexibility index (Phi) is 9.32. The molecule has 10 heteroatoms. The predicted molar refractivity (Wildman–Crippen MR) is 108 cm³/mol. The molecular formula is C16H31Cl2N5O2S. The molecule has 26 heavy (non-hydrogen) atoms. The Labute approximate surface area is 168 Å². The number of hydrogen-bond donors (Lipinski definition) is 2. The molecular weight excluding hydrogens is 397 g/mol. The summed E-state index contributed by atoms with van der Waals surface area (Å²) in [5, 5.41) is 4.55. The lowest BCUT2D eigenvalue weighted by atomic mass is 9.86. The number of nitrogens with one attached hydrogen (secondary N) is 1. The third-order valence-electron chi connectivity index (χ3n) is 5.07. The minimum absolute atomic E-state index is 0. The number of sulfonamides is 1. The highest BCUT2D eigenvalue weighted by Crippen LogP contribution is 2.25. The average molecular weight is 428 g/mol. The van der Waals surface area contributed by atoms with Crippen molar-refractivity contribution in [2.45, 2.75) is 57.8 Å². The van der Waals surface area contributed by atoms with Gasteiger partial charge in [-0.15, -0.1) is 24.8 Å². The normalized spacial score (nSPS) is 24.1. The Bertz CT molecular complexity index is 660. The minimum Gasteiger partial charge on any atom is -0.328 e. The Balaban J connectivity index is 0.00000169. The molecule has 152 valence electrons. The van der Waals surface area contributed by atoms with E-state index < -0.39 is 10.0 Å². The molecule has 0 atom stereocenters. The van der Waals surface area contributed by atoms with Crippen LogP contribution in [0.25, 0.3) is 0 Å². The Morgan fingerprint density at radius 2 is 1.92 bits per heavy atom. The van der Waals surface area contributed by atoms with E-state index in [1.54, 1.807) is 0 Å². The standard InChI is InChI=1S/C16H29N5O2S.2ClH/c1-24(22,23)18-10-15-9-16-12-20(7-2-8-21(16)19-15)11-13-3-5-14(17)6-4-13;;/h9,13-14,18H,2-8,10-12,17H2,1H3;2*1H. The van der Waals surface area contributed by atoms with Crippen LogP contribution in [0.4, 0.5) is 0 Å². The lowest BCUT2D eigenvalue weighted by Gasteiger charge is -2.30. The summed E-state index contributed by atoms with van der Waals surface area (Å²) in [5.41, 5.74) is 7.98. The maximum atomic E-state index is 11.2. The SMILES string of the molecule is CS(=O)(=O)NCc1cc2n(n1)CCCN(CC1CCC(N)CC1)C2.Cl.Cl. The first-order valence-electron chi connectivity index (χ1n) is 8.87. The maximum Gasteiger partial charge on any atom is 0.209 e. The van der Waals surface area contributed by atoms with Crippen molar-refractivity contribution in [1.82, 2.24) is 19.4 Å². The van der Waals surface area contributed by atoms with Gasteiger partial charge in [0, 0.05) is 32.2 Å². The van der Waals surface area contributed by atoms with E-state index in [1.165, 1.54) is 24.8 Å². The number of hydrogen-bond acceptors (Lipinski definition) is 5. The highest BCUT2D eigenvalue weighted by molar-refractivity contribution is 7.88. The van der Waals surface area contributed by atoms with E-state index in [0.717, 1.165) is 57.1 Å². The van der Waals surface area contributed by atoms with Crippen LogP contribution in [-0.2, 0) is 29.7 Å². The fourth-order valence-electron chi connectivity index (χ4n) is 3.77. The lowest BCUT2D eigenvalue weighted by Crippen LogP contribution is -2.34. The average Bonchev–Trinajstić information content (AvgIpc) is 2.79. The first-order chi connectivity index (χ1) is 11.4. The third-order valence-corrected chi connectivity index (χ3v) is 5.74. The van der Waals surface area contributed by atoms with Gasteiger partial charge in [-0.3, -0.25) is 9.58 Å². The largest absolute Gasteiger partial charge is 0.328 e. The first kappa shape index (κ1) is 23.7. The van der Waals surface area contributed by atoms with Crippen LogP contribution in [0, 0.1) is 5.92 Å². The van der Waals surface area contributed by atoms with Gasteiger partial charge in [-0.1, -0.05) is 0 Å². The Morgan fingerprint density at radius 3 is 2.58 bits per heavy atom. The molecule has 0 bridgehead atoms. The second-order valence-electron chi connectivity index (χ2n) is 7.31. The highest BCUT2D eigenvalue weighted by atomic mass is 35.5. The summed E-state index contributed by atoms with van der Waals surface area (Å²) < 4.78 is 27.0. The van der Waals surface area contributed by atoms with E-state index in [9.17, 15) is 8.42 Å². The van der Waals surface area contributed by atoms with Gasteiger partial charge in [0.05, 0.1) is 24.2 Å². The lowest BCUT2D eigenvalue weighted by molar-refractivity contribution is 0.190. The molecule has 0 unspecified atom stereocenters. The molecule has 1 aliphatic heterocycles. The molecule has 7 nitrogen and oxygen atoms in total. The number of halogens is 2. The summed E-state index contributed by atoms with van der Waals surface area (Å²) >= 11 is 0. The monoisotopic (exact) mass is 427 g/mol. The zero-order valence-corrected chi connectivity index (χ0v) is 17.7. The fraction of sp³-hybridized carbons (Fsp3) is 0.812. The zero-order chi connectivity index (χ0) is 17.2.